The van der Waals surface area contributed by atoms with Gasteiger partial charge in [0.25, 0.3) is 0 Å². The van der Waals surface area contributed by atoms with Crippen LogP contribution in [0, 0.1) is 0 Å². The average molecular weight is 346 g/mol. The SMILES string of the molecule is CC(C)c1csc([C@@H]2CCCN(C(=O)CCCn3cccn3)C2)n1. The number of hydrogen-bond donors (Lipinski definition) is 0. The molecule has 130 valence electrons. The van der Waals surface area contributed by atoms with Gasteiger partial charge in [-0.1, -0.05) is 13.8 Å². The van der Waals surface area contributed by atoms with Gasteiger partial charge in [-0.3, -0.25) is 9.48 Å². The van der Waals surface area contributed by atoms with Crippen LogP contribution in [-0.4, -0.2) is 38.7 Å². The lowest BCUT2D eigenvalue weighted by atomic mass is 9.98. The van der Waals surface area contributed by atoms with Crippen molar-refractivity contribution in [3.05, 3.63) is 34.5 Å². The number of thiazole rings is 1. The summed E-state index contributed by atoms with van der Waals surface area (Å²) >= 11 is 1.75. The second-order valence-electron chi connectivity index (χ2n) is 6.82. The molecule has 24 heavy (non-hydrogen) atoms. The summed E-state index contributed by atoms with van der Waals surface area (Å²) in [6.07, 6.45) is 7.37. The highest BCUT2D eigenvalue weighted by molar-refractivity contribution is 7.09. The molecule has 1 amide bonds. The van der Waals surface area contributed by atoms with E-state index in [4.69, 9.17) is 4.98 Å². The number of aryl methyl sites for hydroxylation is 1. The fraction of sp³-hybridized carbons (Fsp3) is 0.611. The van der Waals surface area contributed by atoms with E-state index in [1.54, 1.807) is 17.5 Å². The summed E-state index contributed by atoms with van der Waals surface area (Å²) < 4.78 is 1.88. The van der Waals surface area contributed by atoms with Crippen molar-refractivity contribution in [3.8, 4) is 0 Å². The maximum Gasteiger partial charge on any atom is 0.222 e. The Balaban J connectivity index is 1.51. The van der Waals surface area contributed by atoms with Gasteiger partial charge >= 0.3 is 0 Å². The van der Waals surface area contributed by atoms with E-state index in [0.29, 0.717) is 18.3 Å². The van der Waals surface area contributed by atoms with Crippen molar-refractivity contribution < 1.29 is 4.79 Å². The predicted octanol–water partition coefficient (Wildman–Crippen LogP) is 3.65. The van der Waals surface area contributed by atoms with E-state index in [9.17, 15) is 4.79 Å². The zero-order valence-corrected chi connectivity index (χ0v) is 15.3. The Kier molecular flexibility index (Phi) is 5.66. The minimum absolute atomic E-state index is 0.271. The first-order valence-corrected chi connectivity index (χ1v) is 9.72. The summed E-state index contributed by atoms with van der Waals surface area (Å²) in [4.78, 5) is 19.3. The molecule has 1 saturated heterocycles. The third kappa shape index (κ3) is 4.23. The van der Waals surface area contributed by atoms with E-state index in [2.05, 4.69) is 24.3 Å². The molecule has 0 saturated carbocycles. The highest BCUT2D eigenvalue weighted by Crippen LogP contribution is 2.31. The highest BCUT2D eigenvalue weighted by atomic mass is 32.1. The molecule has 0 bridgehead atoms. The van der Waals surface area contributed by atoms with Gasteiger partial charge in [0, 0.05) is 49.7 Å². The lowest BCUT2D eigenvalue weighted by Crippen LogP contribution is -2.39. The van der Waals surface area contributed by atoms with Crippen molar-refractivity contribution in [2.45, 2.75) is 57.9 Å². The van der Waals surface area contributed by atoms with Crippen molar-refractivity contribution in [3.63, 3.8) is 0 Å². The van der Waals surface area contributed by atoms with Crippen LogP contribution in [0.5, 0.6) is 0 Å². The second kappa shape index (κ2) is 7.92. The molecule has 0 spiro atoms. The molecule has 0 aliphatic carbocycles. The third-order valence-corrected chi connectivity index (χ3v) is 5.62. The summed E-state index contributed by atoms with van der Waals surface area (Å²) in [5.74, 6) is 1.15. The first kappa shape index (κ1) is 17.1. The van der Waals surface area contributed by atoms with Crippen LogP contribution in [-0.2, 0) is 11.3 Å². The van der Waals surface area contributed by atoms with Gasteiger partial charge in [-0.25, -0.2) is 4.98 Å². The quantitative estimate of drug-likeness (QED) is 0.802. The van der Waals surface area contributed by atoms with Crippen molar-refractivity contribution in [2.24, 2.45) is 0 Å². The highest BCUT2D eigenvalue weighted by Gasteiger charge is 2.26. The summed E-state index contributed by atoms with van der Waals surface area (Å²) in [6, 6.07) is 1.91. The van der Waals surface area contributed by atoms with Gasteiger partial charge in [0.15, 0.2) is 0 Å². The van der Waals surface area contributed by atoms with Gasteiger partial charge in [0.05, 0.1) is 10.7 Å². The average Bonchev–Trinajstić information content (AvgIpc) is 3.26. The molecule has 3 rings (SSSR count). The van der Waals surface area contributed by atoms with Crippen LogP contribution in [0.2, 0.25) is 0 Å². The van der Waals surface area contributed by atoms with Gasteiger partial charge in [-0.05, 0) is 31.2 Å². The van der Waals surface area contributed by atoms with Crippen LogP contribution in [0.15, 0.2) is 23.8 Å². The van der Waals surface area contributed by atoms with Gasteiger partial charge in [-0.15, -0.1) is 11.3 Å². The van der Waals surface area contributed by atoms with Gasteiger partial charge < -0.3 is 4.90 Å². The Labute approximate surface area is 147 Å². The largest absolute Gasteiger partial charge is 0.342 e. The van der Waals surface area contributed by atoms with E-state index >= 15 is 0 Å². The van der Waals surface area contributed by atoms with E-state index in [1.807, 2.05) is 21.8 Å². The zero-order valence-electron chi connectivity index (χ0n) is 14.5. The predicted molar refractivity (Wildman–Crippen MR) is 96.2 cm³/mol. The Morgan fingerprint density at radius 2 is 2.33 bits per heavy atom. The minimum Gasteiger partial charge on any atom is -0.342 e. The number of likely N-dealkylation sites (tertiary alicyclic amines) is 1. The summed E-state index contributed by atoms with van der Waals surface area (Å²) in [5, 5.41) is 7.55. The lowest BCUT2D eigenvalue weighted by Gasteiger charge is -2.32. The molecule has 1 atom stereocenters. The number of aromatic nitrogens is 3. The maximum atomic E-state index is 12.5. The maximum absolute atomic E-state index is 12.5. The van der Waals surface area contributed by atoms with Crippen molar-refractivity contribution in [1.82, 2.24) is 19.7 Å². The standard InChI is InChI=1S/C18H26N4OS/c1-14(2)16-13-24-18(20-16)15-6-3-9-21(12-15)17(23)7-4-10-22-11-5-8-19-22/h5,8,11,13-15H,3-4,6-7,9-10,12H2,1-2H3/t15-/m1/s1. The normalized spacial score (nSPS) is 18.3. The van der Waals surface area contributed by atoms with Crippen molar-refractivity contribution in [2.75, 3.05) is 13.1 Å². The van der Waals surface area contributed by atoms with Crippen molar-refractivity contribution in [1.29, 1.82) is 0 Å². The molecular weight excluding hydrogens is 320 g/mol. The second-order valence-corrected chi connectivity index (χ2v) is 7.71. The van der Waals surface area contributed by atoms with Crippen molar-refractivity contribution >= 4 is 17.2 Å². The number of rotatable bonds is 6. The van der Waals surface area contributed by atoms with E-state index in [1.165, 1.54) is 10.7 Å². The van der Waals surface area contributed by atoms with Crippen LogP contribution in [0.25, 0.3) is 0 Å². The molecule has 5 nitrogen and oxygen atoms in total. The molecular formula is C18H26N4OS. The van der Waals surface area contributed by atoms with Crippen LogP contribution in [0.4, 0.5) is 0 Å². The molecule has 2 aromatic heterocycles. The number of nitrogens with zero attached hydrogens (tertiary/aromatic N) is 4. The Morgan fingerprint density at radius 3 is 3.04 bits per heavy atom. The Morgan fingerprint density at radius 1 is 1.46 bits per heavy atom. The lowest BCUT2D eigenvalue weighted by molar-refractivity contribution is -0.132. The van der Waals surface area contributed by atoms with Crippen LogP contribution in [0.3, 0.4) is 0 Å². The monoisotopic (exact) mass is 346 g/mol. The third-order valence-electron chi connectivity index (χ3n) is 4.59. The molecule has 3 heterocycles. The molecule has 1 aliphatic heterocycles. The topological polar surface area (TPSA) is 51.0 Å². The van der Waals surface area contributed by atoms with E-state index in [-0.39, 0.29) is 5.91 Å². The summed E-state index contributed by atoms with van der Waals surface area (Å²) in [7, 11) is 0. The zero-order chi connectivity index (χ0) is 16.9. The molecule has 0 aromatic carbocycles. The fourth-order valence-electron chi connectivity index (χ4n) is 3.14. The number of amides is 1. The molecule has 1 fully saturated rings. The summed E-state index contributed by atoms with van der Waals surface area (Å²) in [5.41, 5.74) is 1.18. The number of hydrogen-bond acceptors (Lipinski definition) is 4. The molecule has 0 unspecified atom stereocenters. The minimum atomic E-state index is 0.271. The summed E-state index contributed by atoms with van der Waals surface area (Å²) in [6.45, 7) is 6.87. The fourth-order valence-corrected chi connectivity index (χ4v) is 4.25. The molecule has 0 radical (unpaired) electrons. The van der Waals surface area contributed by atoms with Gasteiger partial charge in [0.2, 0.25) is 5.91 Å². The molecule has 1 aliphatic rings. The van der Waals surface area contributed by atoms with Crippen LogP contribution < -0.4 is 0 Å². The Hall–Kier alpha value is -1.69. The molecule has 6 heteroatoms. The van der Waals surface area contributed by atoms with E-state index < -0.39 is 0 Å². The smallest absolute Gasteiger partial charge is 0.222 e. The van der Waals surface area contributed by atoms with Gasteiger partial charge in [-0.2, -0.15) is 5.10 Å². The molecule has 2 aromatic rings. The van der Waals surface area contributed by atoms with E-state index in [0.717, 1.165) is 38.9 Å². The van der Waals surface area contributed by atoms with Crippen LogP contribution >= 0.6 is 11.3 Å². The number of piperidine rings is 1. The van der Waals surface area contributed by atoms with Crippen LogP contribution in [0.1, 0.15) is 62.1 Å². The molecule has 0 N–H and O–H groups in total. The number of carbonyl (C=O) groups excluding carboxylic acids is 1. The first-order valence-electron chi connectivity index (χ1n) is 8.84. The first-order chi connectivity index (χ1) is 11.6. The van der Waals surface area contributed by atoms with Gasteiger partial charge in [0.1, 0.15) is 0 Å². The Bertz CT molecular complexity index is 650. The number of carbonyl (C=O) groups is 1.